The first-order valence-corrected chi connectivity index (χ1v) is 8.18. The fourth-order valence-electron chi connectivity index (χ4n) is 2.90. The highest BCUT2D eigenvalue weighted by molar-refractivity contribution is 7.07. The molecule has 0 atom stereocenters. The molecule has 2 aromatic rings. The van der Waals surface area contributed by atoms with Crippen molar-refractivity contribution in [2.75, 3.05) is 13.7 Å². The summed E-state index contributed by atoms with van der Waals surface area (Å²) in [5, 5.41) is 8.04. The number of rotatable bonds is 6. The summed E-state index contributed by atoms with van der Waals surface area (Å²) in [5.41, 5.74) is 2.81. The summed E-state index contributed by atoms with van der Waals surface area (Å²) in [6.45, 7) is 1.08. The van der Waals surface area contributed by atoms with Gasteiger partial charge in [0.1, 0.15) is 5.75 Å². The van der Waals surface area contributed by atoms with Crippen LogP contribution in [0.4, 0.5) is 0 Å². The van der Waals surface area contributed by atoms with E-state index in [0.29, 0.717) is 12.0 Å². The molecule has 1 fully saturated rings. The first-order chi connectivity index (χ1) is 9.86. The van der Waals surface area contributed by atoms with Gasteiger partial charge in [-0.25, -0.2) is 0 Å². The van der Waals surface area contributed by atoms with Crippen LogP contribution in [0.1, 0.15) is 29.9 Å². The van der Waals surface area contributed by atoms with E-state index in [2.05, 4.69) is 40.3 Å². The van der Waals surface area contributed by atoms with Crippen LogP contribution in [-0.2, 0) is 6.42 Å². The maximum Gasteiger partial charge on any atom is 0.122 e. The van der Waals surface area contributed by atoms with Crippen molar-refractivity contribution in [3.05, 3.63) is 52.2 Å². The third-order valence-electron chi connectivity index (χ3n) is 4.14. The molecule has 1 aromatic heterocycles. The number of thiophene rings is 1. The molecule has 0 aliphatic heterocycles. The highest BCUT2D eigenvalue weighted by Crippen LogP contribution is 2.40. The summed E-state index contributed by atoms with van der Waals surface area (Å²) in [5.74, 6) is 1.69. The smallest absolute Gasteiger partial charge is 0.122 e. The van der Waals surface area contributed by atoms with Gasteiger partial charge in [0.25, 0.3) is 0 Å². The Hall–Kier alpha value is -1.32. The first kappa shape index (κ1) is 13.7. The predicted molar refractivity (Wildman–Crippen MR) is 84.8 cm³/mol. The molecule has 1 aromatic carbocycles. The van der Waals surface area contributed by atoms with E-state index in [4.69, 9.17) is 4.74 Å². The number of hydrogen-bond acceptors (Lipinski definition) is 3. The number of para-hydroxylation sites is 1. The number of hydrogen-bond donors (Lipinski definition) is 1. The molecule has 0 unspecified atom stereocenters. The van der Waals surface area contributed by atoms with Crippen LogP contribution >= 0.6 is 11.3 Å². The van der Waals surface area contributed by atoms with Crippen molar-refractivity contribution in [3.63, 3.8) is 0 Å². The predicted octanol–water partition coefficient (Wildman–Crippen LogP) is 3.84. The topological polar surface area (TPSA) is 21.3 Å². The van der Waals surface area contributed by atoms with Gasteiger partial charge in [0.05, 0.1) is 7.11 Å². The van der Waals surface area contributed by atoms with E-state index in [9.17, 15) is 0 Å². The lowest BCUT2D eigenvalue weighted by Crippen LogP contribution is -2.41. The molecule has 1 heterocycles. The second-order valence-electron chi connectivity index (χ2n) is 5.44. The zero-order valence-corrected chi connectivity index (χ0v) is 12.7. The lowest BCUT2D eigenvalue weighted by molar-refractivity contribution is 0.285. The second kappa shape index (κ2) is 6.42. The van der Waals surface area contributed by atoms with Gasteiger partial charge in [-0.2, -0.15) is 11.3 Å². The van der Waals surface area contributed by atoms with E-state index in [1.54, 1.807) is 18.4 Å². The largest absolute Gasteiger partial charge is 0.496 e. The third-order valence-corrected chi connectivity index (χ3v) is 4.88. The van der Waals surface area contributed by atoms with Gasteiger partial charge in [-0.05, 0) is 65.7 Å². The Kier molecular flexibility index (Phi) is 4.38. The minimum absolute atomic E-state index is 0.657. The van der Waals surface area contributed by atoms with Crippen molar-refractivity contribution in [1.29, 1.82) is 0 Å². The quantitative estimate of drug-likeness (QED) is 0.871. The van der Waals surface area contributed by atoms with Crippen LogP contribution in [0.15, 0.2) is 41.1 Å². The van der Waals surface area contributed by atoms with E-state index in [1.807, 2.05) is 6.07 Å². The van der Waals surface area contributed by atoms with Crippen molar-refractivity contribution in [2.24, 2.45) is 0 Å². The Bertz CT molecular complexity index is 532. The molecule has 3 heteroatoms. The zero-order valence-electron chi connectivity index (χ0n) is 11.8. The second-order valence-corrected chi connectivity index (χ2v) is 6.22. The van der Waals surface area contributed by atoms with Crippen LogP contribution < -0.4 is 10.1 Å². The van der Waals surface area contributed by atoms with Crippen molar-refractivity contribution >= 4 is 11.3 Å². The molecule has 0 saturated heterocycles. The molecule has 0 spiro atoms. The molecule has 0 radical (unpaired) electrons. The molecule has 3 rings (SSSR count). The SMILES string of the molecule is COc1ccccc1C1CC(NCCc2ccsc2)C1. The van der Waals surface area contributed by atoms with Crippen molar-refractivity contribution in [2.45, 2.75) is 31.2 Å². The lowest BCUT2D eigenvalue weighted by Gasteiger charge is -2.37. The minimum atomic E-state index is 0.657. The Balaban J connectivity index is 1.44. The molecule has 1 saturated carbocycles. The maximum atomic E-state index is 5.45. The Morgan fingerprint density at radius 2 is 2.10 bits per heavy atom. The molecule has 1 aliphatic carbocycles. The first-order valence-electron chi connectivity index (χ1n) is 7.24. The highest BCUT2D eigenvalue weighted by Gasteiger charge is 2.31. The number of benzene rings is 1. The normalized spacial score (nSPS) is 21.4. The lowest BCUT2D eigenvalue weighted by atomic mass is 9.75. The molecule has 106 valence electrons. The summed E-state index contributed by atoms with van der Waals surface area (Å²) in [4.78, 5) is 0. The number of ether oxygens (including phenoxy) is 1. The van der Waals surface area contributed by atoms with E-state index in [0.717, 1.165) is 18.7 Å². The van der Waals surface area contributed by atoms with Crippen molar-refractivity contribution in [3.8, 4) is 5.75 Å². The molecule has 0 amide bonds. The fourth-order valence-corrected chi connectivity index (χ4v) is 3.60. The summed E-state index contributed by atoms with van der Waals surface area (Å²) in [7, 11) is 1.76. The average molecular weight is 287 g/mol. The Morgan fingerprint density at radius 1 is 1.25 bits per heavy atom. The molecular weight excluding hydrogens is 266 g/mol. The molecule has 1 N–H and O–H groups in total. The summed E-state index contributed by atoms with van der Waals surface area (Å²) in [6.07, 6.45) is 3.59. The van der Waals surface area contributed by atoms with Crippen LogP contribution in [-0.4, -0.2) is 19.7 Å². The number of nitrogens with one attached hydrogen (secondary N) is 1. The van der Waals surface area contributed by atoms with E-state index in [1.165, 1.54) is 24.0 Å². The average Bonchev–Trinajstić information content (AvgIpc) is 2.94. The van der Waals surface area contributed by atoms with Crippen LogP contribution in [0.25, 0.3) is 0 Å². The van der Waals surface area contributed by atoms with Gasteiger partial charge in [-0.1, -0.05) is 18.2 Å². The van der Waals surface area contributed by atoms with E-state index < -0.39 is 0 Å². The Labute approximate surface area is 124 Å². The van der Waals surface area contributed by atoms with Gasteiger partial charge in [0.2, 0.25) is 0 Å². The molecular formula is C17H21NOS. The van der Waals surface area contributed by atoms with Crippen LogP contribution in [0.5, 0.6) is 5.75 Å². The molecule has 2 nitrogen and oxygen atoms in total. The minimum Gasteiger partial charge on any atom is -0.496 e. The maximum absolute atomic E-state index is 5.45. The summed E-state index contributed by atoms with van der Waals surface area (Å²) < 4.78 is 5.45. The van der Waals surface area contributed by atoms with Crippen molar-refractivity contribution in [1.82, 2.24) is 5.32 Å². The van der Waals surface area contributed by atoms with Gasteiger partial charge in [-0.15, -0.1) is 0 Å². The standard InChI is InChI=1S/C17H21NOS/c1-19-17-5-3-2-4-16(17)14-10-15(11-14)18-8-6-13-7-9-20-12-13/h2-5,7,9,12,14-15,18H,6,8,10-11H2,1H3. The van der Waals surface area contributed by atoms with Crippen LogP contribution in [0.2, 0.25) is 0 Å². The van der Waals surface area contributed by atoms with Gasteiger partial charge >= 0.3 is 0 Å². The summed E-state index contributed by atoms with van der Waals surface area (Å²) in [6, 6.07) is 11.3. The van der Waals surface area contributed by atoms with Gasteiger partial charge in [0.15, 0.2) is 0 Å². The fraction of sp³-hybridized carbons (Fsp3) is 0.412. The highest BCUT2D eigenvalue weighted by atomic mass is 32.1. The number of methoxy groups -OCH3 is 1. The monoisotopic (exact) mass is 287 g/mol. The van der Waals surface area contributed by atoms with Gasteiger partial charge < -0.3 is 10.1 Å². The zero-order chi connectivity index (χ0) is 13.8. The van der Waals surface area contributed by atoms with Crippen LogP contribution in [0.3, 0.4) is 0 Å². The molecule has 20 heavy (non-hydrogen) atoms. The Morgan fingerprint density at radius 3 is 2.85 bits per heavy atom. The molecule has 1 aliphatic rings. The summed E-state index contributed by atoms with van der Waals surface area (Å²) >= 11 is 1.78. The van der Waals surface area contributed by atoms with Gasteiger partial charge in [0, 0.05) is 6.04 Å². The van der Waals surface area contributed by atoms with E-state index >= 15 is 0 Å². The third kappa shape index (κ3) is 3.05. The van der Waals surface area contributed by atoms with E-state index in [-0.39, 0.29) is 0 Å². The molecule has 0 bridgehead atoms. The van der Waals surface area contributed by atoms with Gasteiger partial charge in [-0.3, -0.25) is 0 Å². The van der Waals surface area contributed by atoms with Crippen molar-refractivity contribution < 1.29 is 4.74 Å². The van der Waals surface area contributed by atoms with Crippen LogP contribution in [0, 0.1) is 0 Å².